The number of pyridine rings is 1. The lowest BCUT2D eigenvalue weighted by atomic mass is 9.93. The van der Waals surface area contributed by atoms with Gasteiger partial charge in [-0.3, -0.25) is 14.7 Å². The Morgan fingerprint density at radius 1 is 1.05 bits per heavy atom. The number of para-hydroxylation sites is 1. The molecule has 5 rings (SSSR count). The van der Waals surface area contributed by atoms with Crippen molar-refractivity contribution in [2.75, 3.05) is 29.5 Å². The van der Waals surface area contributed by atoms with Crippen LogP contribution in [0.1, 0.15) is 38.4 Å². The summed E-state index contributed by atoms with van der Waals surface area (Å²) in [6.07, 6.45) is 0.387. The van der Waals surface area contributed by atoms with Gasteiger partial charge in [0.15, 0.2) is 10.8 Å². The second-order valence-electron chi connectivity index (χ2n) is 8.96. The number of anilines is 2. The van der Waals surface area contributed by atoms with Crippen LogP contribution in [-0.4, -0.2) is 56.1 Å². The molecule has 0 aliphatic carbocycles. The van der Waals surface area contributed by atoms with Gasteiger partial charge in [-0.05, 0) is 54.8 Å². The van der Waals surface area contributed by atoms with E-state index in [2.05, 4.69) is 15.3 Å². The Balaban J connectivity index is 1.44. The summed E-state index contributed by atoms with van der Waals surface area (Å²) in [6.45, 7) is 0.902. The van der Waals surface area contributed by atoms with E-state index < -0.39 is 13.6 Å². The first-order valence-electron chi connectivity index (χ1n) is 12.1. The number of aromatic carboxylic acids is 1. The second-order valence-corrected chi connectivity index (χ2v) is 11.8. The van der Waals surface area contributed by atoms with Gasteiger partial charge in [0.25, 0.3) is 5.91 Å². The fourth-order valence-electron chi connectivity index (χ4n) is 4.45. The zero-order valence-corrected chi connectivity index (χ0v) is 22.3. The molecule has 0 unspecified atom stereocenters. The molecule has 11 nitrogen and oxygen atoms in total. The third-order valence-electron chi connectivity index (χ3n) is 6.26. The molecule has 3 heterocycles. The van der Waals surface area contributed by atoms with Crippen molar-refractivity contribution in [1.29, 1.82) is 0 Å². The van der Waals surface area contributed by atoms with Gasteiger partial charge in [-0.1, -0.05) is 29.5 Å². The fourth-order valence-corrected chi connectivity index (χ4v) is 5.85. The normalized spacial score (nSPS) is 13.2. The van der Waals surface area contributed by atoms with Crippen LogP contribution in [0.25, 0.3) is 10.2 Å². The lowest BCUT2D eigenvalue weighted by Gasteiger charge is -2.32. The number of hydrogen-bond acceptors (Lipinski definition) is 8. The number of rotatable bonds is 9. The SMILES string of the molecule is O=C(O)c1cccc(N2CCc3c(OCCCP(=O)(O)O)ccc(C(=O)Nc4nc5ccccc5s4)c3C2)n1. The Labute approximate surface area is 227 Å². The summed E-state index contributed by atoms with van der Waals surface area (Å²) in [5.74, 6) is -0.450. The van der Waals surface area contributed by atoms with Gasteiger partial charge in [-0.25, -0.2) is 14.8 Å². The number of carbonyl (C=O) groups is 2. The van der Waals surface area contributed by atoms with Gasteiger partial charge in [0, 0.05) is 24.2 Å². The molecule has 13 heteroatoms. The predicted octanol–water partition coefficient (Wildman–Crippen LogP) is 4.15. The van der Waals surface area contributed by atoms with Gasteiger partial charge in [0.1, 0.15) is 11.6 Å². The zero-order valence-electron chi connectivity index (χ0n) is 20.6. The van der Waals surface area contributed by atoms with E-state index >= 15 is 0 Å². The molecule has 0 spiro atoms. The lowest BCUT2D eigenvalue weighted by Crippen LogP contribution is -2.33. The van der Waals surface area contributed by atoms with Crippen LogP contribution < -0.4 is 15.0 Å². The van der Waals surface area contributed by atoms with E-state index in [1.807, 2.05) is 29.2 Å². The third-order valence-corrected chi connectivity index (χ3v) is 8.11. The summed E-state index contributed by atoms with van der Waals surface area (Å²) in [7, 11) is -4.12. The number of carboxylic acids is 1. The Bertz CT molecular complexity index is 1570. The Morgan fingerprint density at radius 2 is 1.87 bits per heavy atom. The average Bonchev–Trinajstić information content (AvgIpc) is 3.32. The van der Waals surface area contributed by atoms with E-state index in [0.717, 1.165) is 15.8 Å². The van der Waals surface area contributed by atoms with Crippen LogP contribution in [0.5, 0.6) is 5.75 Å². The van der Waals surface area contributed by atoms with E-state index in [-0.39, 0.29) is 37.3 Å². The highest BCUT2D eigenvalue weighted by atomic mass is 32.1. The van der Waals surface area contributed by atoms with Crippen LogP contribution >= 0.6 is 18.9 Å². The Kier molecular flexibility index (Phi) is 7.62. The quantitative estimate of drug-likeness (QED) is 0.170. The van der Waals surface area contributed by atoms with Gasteiger partial charge in [-0.15, -0.1) is 0 Å². The number of carboxylic acid groups (broad SMARTS) is 1. The molecular weight excluding hydrogens is 543 g/mol. The highest BCUT2D eigenvalue weighted by molar-refractivity contribution is 7.51. The molecule has 0 fully saturated rings. The van der Waals surface area contributed by atoms with Crippen LogP contribution in [0, 0.1) is 0 Å². The lowest BCUT2D eigenvalue weighted by molar-refractivity contribution is 0.0690. The van der Waals surface area contributed by atoms with E-state index in [9.17, 15) is 19.3 Å². The number of thiazole rings is 1. The van der Waals surface area contributed by atoms with Crippen molar-refractivity contribution in [3.05, 3.63) is 77.0 Å². The molecule has 2 aromatic heterocycles. The highest BCUT2D eigenvalue weighted by Crippen LogP contribution is 2.36. The van der Waals surface area contributed by atoms with E-state index in [1.165, 1.54) is 17.4 Å². The van der Waals surface area contributed by atoms with Gasteiger partial charge < -0.3 is 24.5 Å². The van der Waals surface area contributed by atoms with Crippen molar-refractivity contribution in [1.82, 2.24) is 9.97 Å². The summed E-state index contributed by atoms with van der Waals surface area (Å²) in [5, 5.41) is 12.7. The second kappa shape index (κ2) is 11.1. The Hall–Kier alpha value is -3.83. The first-order valence-corrected chi connectivity index (χ1v) is 14.7. The number of benzene rings is 2. The van der Waals surface area contributed by atoms with Crippen molar-refractivity contribution >= 4 is 52.0 Å². The van der Waals surface area contributed by atoms with Crippen molar-refractivity contribution in [2.45, 2.75) is 19.4 Å². The minimum atomic E-state index is -4.12. The number of fused-ring (bicyclic) bond motifs is 2. The number of hydrogen-bond donors (Lipinski definition) is 4. The molecule has 0 radical (unpaired) electrons. The van der Waals surface area contributed by atoms with E-state index in [4.69, 9.17) is 14.5 Å². The number of amides is 1. The summed E-state index contributed by atoms with van der Waals surface area (Å²) in [6, 6.07) is 15.7. The van der Waals surface area contributed by atoms with Crippen molar-refractivity contribution < 1.29 is 33.8 Å². The molecule has 0 atom stereocenters. The molecule has 2 aromatic carbocycles. The number of ether oxygens (including phenoxy) is 1. The van der Waals surface area contributed by atoms with E-state index in [0.29, 0.717) is 40.8 Å². The monoisotopic (exact) mass is 568 g/mol. The van der Waals surface area contributed by atoms with Crippen LogP contribution in [0.2, 0.25) is 0 Å². The average molecular weight is 569 g/mol. The minimum Gasteiger partial charge on any atom is -0.493 e. The predicted molar refractivity (Wildman–Crippen MR) is 147 cm³/mol. The smallest absolute Gasteiger partial charge is 0.354 e. The zero-order chi connectivity index (χ0) is 27.6. The van der Waals surface area contributed by atoms with Crippen molar-refractivity contribution in [2.24, 2.45) is 0 Å². The fraction of sp³-hybridized carbons (Fsp3) is 0.231. The van der Waals surface area contributed by atoms with Gasteiger partial charge >= 0.3 is 13.6 Å². The maximum atomic E-state index is 13.4. The minimum absolute atomic E-state index is 0.0748. The summed E-state index contributed by atoms with van der Waals surface area (Å²) in [4.78, 5) is 53.8. The summed E-state index contributed by atoms with van der Waals surface area (Å²) >= 11 is 1.37. The first kappa shape index (κ1) is 26.8. The molecule has 1 amide bonds. The molecule has 1 aliphatic rings. The molecule has 202 valence electrons. The standard InChI is InChI=1S/C26H25N4O7PS/c31-24(29-26-28-19-5-1-2-7-22(19)39-26)17-9-10-21(37-13-4-14-38(34,35)36)16-11-12-30(15-18(16)17)23-8-3-6-20(27-23)25(32)33/h1-3,5-10H,4,11-15H2,(H,32,33)(H,28,29,31)(H2,34,35,36). The molecule has 39 heavy (non-hydrogen) atoms. The largest absolute Gasteiger partial charge is 0.493 e. The third kappa shape index (κ3) is 6.26. The van der Waals surface area contributed by atoms with Gasteiger partial charge in [0.2, 0.25) is 0 Å². The highest BCUT2D eigenvalue weighted by Gasteiger charge is 2.27. The summed E-state index contributed by atoms with van der Waals surface area (Å²) in [5.41, 5.74) is 2.65. The van der Waals surface area contributed by atoms with E-state index in [1.54, 1.807) is 24.3 Å². The molecule has 0 saturated heterocycles. The molecule has 1 aliphatic heterocycles. The number of nitrogens with zero attached hydrogens (tertiary/aromatic N) is 3. The van der Waals surface area contributed by atoms with Crippen molar-refractivity contribution in [3.63, 3.8) is 0 Å². The van der Waals surface area contributed by atoms with Crippen LogP contribution in [-0.2, 0) is 17.5 Å². The van der Waals surface area contributed by atoms with Crippen LogP contribution in [0.15, 0.2) is 54.6 Å². The molecule has 4 N–H and O–H groups in total. The topological polar surface area (TPSA) is 162 Å². The molecule has 0 bridgehead atoms. The van der Waals surface area contributed by atoms with Crippen LogP contribution in [0.4, 0.5) is 10.9 Å². The van der Waals surface area contributed by atoms with Gasteiger partial charge in [-0.2, -0.15) is 0 Å². The molecule has 4 aromatic rings. The number of nitrogens with one attached hydrogen (secondary N) is 1. The Morgan fingerprint density at radius 3 is 2.64 bits per heavy atom. The molecular formula is C26H25N4O7PS. The molecule has 0 saturated carbocycles. The van der Waals surface area contributed by atoms with Gasteiger partial charge in [0.05, 0.1) is 23.0 Å². The maximum Gasteiger partial charge on any atom is 0.354 e. The van der Waals surface area contributed by atoms with Crippen LogP contribution in [0.3, 0.4) is 0 Å². The maximum absolute atomic E-state index is 13.4. The van der Waals surface area contributed by atoms with Crippen molar-refractivity contribution in [3.8, 4) is 5.75 Å². The summed E-state index contributed by atoms with van der Waals surface area (Å²) < 4.78 is 18.0. The number of aromatic nitrogens is 2. The first-order chi connectivity index (χ1) is 18.7. The number of carbonyl (C=O) groups excluding carboxylic acids is 1.